The lowest BCUT2D eigenvalue weighted by Crippen LogP contribution is -2.00. The monoisotopic (exact) mass is 238 g/mol. The Balaban J connectivity index is 1.85. The summed E-state index contributed by atoms with van der Waals surface area (Å²) >= 11 is 1.91. The molecule has 17 heavy (non-hydrogen) atoms. The fourth-order valence-corrected chi connectivity index (χ4v) is 3.17. The maximum absolute atomic E-state index is 2.21. The van der Waals surface area contributed by atoms with Gasteiger partial charge in [-0.2, -0.15) is 0 Å². The molecule has 1 aliphatic carbocycles. The summed E-state index contributed by atoms with van der Waals surface area (Å²) in [4.78, 5) is 2.87. The van der Waals surface area contributed by atoms with Crippen molar-refractivity contribution < 1.29 is 0 Å². The normalized spacial score (nSPS) is 14.6. The molecule has 0 aliphatic heterocycles. The molecule has 0 bridgehead atoms. The van der Waals surface area contributed by atoms with Crippen LogP contribution in [0.4, 0.5) is 0 Å². The molecule has 0 heterocycles. The Bertz CT molecular complexity index is 526. The molecule has 2 aromatic carbocycles. The molecule has 84 valence electrons. The largest absolute Gasteiger partial charge is 0.0942 e. The number of hydrogen-bond donors (Lipinski definition) is 0. The Morgan fingerprint density at radius 3 is 1.94 bits per heavy atom. The smallest absolute Gasteiger partial charge is 0.0119 e. The zero-order chi connectivity index (χ0) is 11.5. The van der Waals surface area contributed by atoms with E-state index < -0.39 is 0 Å². The van der Waals surface area contributed by atoms with Gasteiger partial charge in [-0.25, -0.2) is 0 Å². The second-order valence-electron chi connectivity index (χ2n) is 4.18. The minimum Gasteiger partial charge on any atom is -0.0942 e. The van der Waals surface area contributed by atoms with Crippen LogP contribution < -0.4 is 0 Å². The number of hydrogen-bond acceptors (Lipinski definition) is 1. The number of benzene rings is 2. The molecule has 0 nitrogen and oxygen atoms in total. The van der Waals surface area contributed by atoms with E-state index in [0.717, 1.165) is 0 Å². The van der Waals surface area contributed by atoms with Crippen LogP contribution in [0.3, 0.4) is 0 Å². The third-order valence-corrected chi connectivity index (χ3v) is 4.25. The quantitative estimate of drug-likeness (QED) is 0.726. The summed E-state index contributed by atoms with van der Waals surface area (Å²) < 4.78 is 0. The van der Waals surface area contributed by atoms with Crippen molar-refractivity contribution in [2.24, 2.45) is 0 Å². The van der Waals surface area contributed by atoms with Crippen LogP contribution in [-0.2, 0) is 0 Å². The van der Waals surface area contributed by atoms with E-state index in [1.165, 1.54) is 33.8 Å². The van der Waals surface area contributed by atoms with Crippen molar-refractivity contribution >= 4 is 17.3 Å². The Kier molecular flexibility index (Phi) is 3.02. The van der Waals surface area contributed by atoms with Gasteiger partial charge < -0.3 is 0 Å². The molecule has 0 fully saturated rings. The van der Waals surface area contributed by atoms with Crippen LogP contribution >= 0.6 is 11.8 Å². The third-order valence-electron chi connectivity index (χ3n) is 3.05. The van der Waals surface area contributed by atoms with Crippen LogP contribution in [0, 0.1) is 0 Å². The first-order valence-corrected chi connectivity index (χ1v) is 6.75. The molecule has 0 radical (unpaired) electrons. The van der Waals surface area contributed by atoms with Crippen molar-refractivity contribution in [1.29, 1.82) is 0 Å². The summed E-state index contributed by atoms with van der Waals surface area (Å²) in [5.74, 6) is 0. The van der Waals surface area contributed by atoms with Gasteiger partial charge in [0.05, 0.1) is 0 Å². The number of rotatable bonds is 3. The van der Waals surface area contributed by atoms with Gasteiger partial charge in [0.15, 0.2) is 0 Å². The van der Waals surface area contributed by atoms with Crippen LogP contribution in [0.15, 0.2) is 70.5 Å². The molecule has 0 saturated carbocycles. The molecule has 0 amide bonds. The summed E-state index contributed by atoms with van der Waals surface area (Å²) in [5.41, 5.74) is 2.91. The Morgan fingerprint density at radius 1 is 0.706 bits per heavy atom. The van der Waals surface area contributed by atoms with Gasteiger partial charge in [-0.05, 0) is 41.0 Å². The molecule has 0 aromatic heterocycles. The van der Waals surface area contributed by atoms with Crippen LogP contribution in [0.25, 0.3) is 5.57 Å². The lowest BCUT2D eigenvalue weighted by atomic mass is 9.92. The average molecular weight is 238 g/mol. The van der Waals surface area contributed by atoms with Crippen molar-refractivity contribution in [2.45, 2.75) is 17.7 Å². The van der Waals surface area contributed by atoms with E-state index in [9.17, 15) is 0 Å². The van der Waals surface area contributed by atoms with E-state index in [-0.39, 0.29) is 0 Å². The fraction of sp³-hybridized carbons (Fsp3) is 0.125. The van der Waals surface area contributed by atoms with E-state index in [1.807, 2.05) is 11.8 Å². The van der Waals surface area contributed by atoms with Gasteiger partial charge in [0.2, 0.25) is 0 Å². The zero-order valence-corrected chi connectivity index (χ0v) is 10.4. The molecule has 3 rings (SSSR count). The van der Waals surface area contributed by atoms with Gasteiger partial charge in [0.1, 0.15) is 0 Å². The van der Waals surface area contributed by atoms with Crippen LogP contribution in [0.2, 0.25) is 0 Å². The number of thioether (sulfide) groups is 1. The first kappa shape index (κ1) is 10.7. The van der Waals surface area contributed by atoms with Crippen LogP contribution in [0.5, 0.6) is 0 Å². The van der Waals surface area contributed by atoms with Crippen molar-refractivity contribution in [3.05, 3.63) is 71.1 Å². The highest BCUT2D eigenvalue weighted by molar-refractivity contribution is 8.03. The molecular weight excluding hydrogens is 224 g/mol. The molecular formula is C16H14S. The van der Waals surface area contributed by atoms with Crippen molar-refractivity contribution in [1.82, 2.24) is 0 Å². The number of allylic oxidation sites excluding steroid dienone is 2. The second kappa shape index (κ2) is 4.80. The van der Waals surface area contributed by atoms with Gasteiger partial charge in [-0.1, -0.05) is 60.3 Å². The standard InChI is InChI=1S/C16H14S/c1-3-7-13(8-4-1)15-11-12-16(15)17-14-9-5-2-6-10-14/h1-10H,11-12H2. The van der Waals surface area contributed by atoms with Gasteiger partial charge in [0.25, 0.3) is 0 Å². The van der Waals surface area contributed by atoms with Crippen molar-refractivity contribution in [2.75, 3.05) is 0 Å². The van der Waals surface area contributed by atoms with Gasteiger partial charge in [-0.15, -0.1) is 0 Å². The average Bonchev–Trinajstić information content (AvgIpc) is 2.37. The molecule has 0 spiro atoms. The van der Waals surface area contributed by atoms with Gasteiger partial charge in [-0.3, -0.25) is 0 Å². The first-order valence-electron chi connectivity index (χ1n) is 5.94. The van der Waals surface area contributed by atoms with E-state index >= 15 is 0 Å². The summed E-state index contributed by atoms with van der Waals surface area (Å²) in [6.07, 6.45) is 2.45. The topological polar surface area (TPSA) is 0 Å². The lowest BCUT2D eigenvalue weighted by molar-refractivity contribution is 0.968. The van der Waals surface area contributed by atoms with E-state index in [2.05, 4.69) is 60.7 Å². The van der Waals surface area contributed by atoms with Crippen LogP contribution in [0.1, 0.15) is 18.4 Å². The summed E-state index contributed by atoms with van der Waals surface area (Å²) in [6, 6.07) is 21.4. The van der Waals surface area contributed by atoms with Gasteiger partial charge in [0, 0.05) is 4.90 Å². The van der Waals surface area contributed by atoms with Crippen molar-refractivity contribution in [3.8, 4) is 0 Å². The molecule has 1 heteroatoms. The third kappa shape index (κ3) is 2.29. The highest BCUT2D eigenvalue weighted by Gasteiger charge is 2.19. The molecule has 2 aromatic rings. The summed E-state index contributed by atoms with van der Waals surface area (Å²) in [6.45, 7) is 0. The SMILES string of the molecule is c1ccc(SC2=C(c3ccccc3)CC2)cc1. The Hall–Kier alpha value is -1.47. The minimum absolute atomic E-state index is 1.22. The zero-order valence-electron chi connectivity index (χ0n) is 9.60. The molecule has 0 N–H and O–H groups in total. The maximum Gasteiger partial charge on any atom is 0.0119 e. The van der Waals surface area contributed by atoms with Crippen molar-refractivity contribution in [3.63, 3.8) is 0 Å². The lowest BCUT2D eigenvalue weighted by Gasteiger charge is -2.23. The maximum atomic E-state index is 2.21. The van der Waals surface area contributed by atoms with Gasteiger partial charge >= 0.3 is 0 Å². The predicted molar refractivity (Wildman–Crippen MR) is 74.9 cm³/mol. The van der Waals surface area contributed by atoms with E-state index in [0.29, 0.717) is 0 Å². The molecule has 1 aliphatic rings. The van der Waals surface area contributed by atoms with E-state index in [4.69, 9.17) is 0 Å². The highest BCUT2D eigenvalue weighted by atomic mass is 32.2. The fourth-order valence-electron chi connectivity index (χ4n) is 2.04. The molecule has 0 unspecified atom stereocenters. The highest BCUT2D eigenvalue weighted by Crippen LogP contribution is 2.45. The summed E-state index contributed by atoms with van der Waals surface area (Å²) in [5, 5.41) is 0. The predicted octanol–water partition coefficient (Wildman–Crippen LogP) is 4.98. The summed E-state index contributed by atoms with van der Waals surface area (Å²) in [7, 11) is 0. The van der Waals surface area contributed by atoms with Crippen LogP contribution in [-0.4, -0.2) is 0 Å². The molecule has 0 saturated heterocycles. The Morgan fingerprint density at radius 2 is 1.35 bits per heavy atom. The Labute approximate surface area is 106 Å². The van der Waals surface area contributed by atoms with E-state index in [1.54, 1.807) is 0 Å². The minimum atomic E-state index is 1.22. The second-order valence-corrected chi connectivity index (χ2v) is 5.35. The molecule has 0 atom stereocenters. The first-order chi connectivity index (χ1) is 8.43.